The molecule has 9 aromatic rings. The molecule has 8 N–H and O–H groups in total. The zero-order valence-corrected chi connectivity index (χ0v) is 70.6. The highest BCUT2D eigenvalue weighted by molar-refractivity contribution is 7.91. The normalized spacial score (nSPS) is 12.2. The number of carboxylic acids is 1. The Bertz CT molecular complexity index is 5490. The number of benzene rings is 9. The molecule has 0 aliphatic rings. The fourth-order valence-corrected chi connectivity index (χ4v) is 17.9. The molecule has 0 aliphatic carbocycles. The van der Waals surface area contributed by atoms with E-state index in [0.29, 0.717) is 106 Å². The van der Waals surface area contributed by atoms with Gasteiger partial charge in [-0.05, 0) is 266 Å². The zero-order chi connectivity index (χ0) is 89.9. The van der Waals surface area contributed by atoms with Gasteiger partial charge in [-0.3, -0.25) is 14.4 Å². The van der Waals surface area contributed by atoms with Gasteiger partial charge in [0.15, 0.2) is 19.7 Å². The first-order valence-electron chi connectivity index (χ1n) is 37.9. The van der Waals surface area contributed by atoms with E-state index in [4.69, 9.17) is 15.0 Å². The van der Waals surface area contributed by atoms with Crippen molar-refractivity contribution in [3.8, 4) is 33.4 Å². The molecule has 0 radical (unpaired) electrons. The average Bonchev–Trinajstić information content (AvgIpc) is 0.790. The minimum atomic E-state index is -5.08. The smallest absolute Gasteiger partial charge is 0.475 e. The number of anilines is 3. The highest BCUT2D eigenvalue weighted by Gasteiger charge is 2.39. The molecule has 0 heterocycles. The van der Waals surface area contributed by atoms with Crippen molar-refractivity contribution in [1.29, 1.82) is 0 Å². The van der Waals surface area contributed by atoms with Gasteiger partial charge in [-0.15, -0.1) is 0 Å². The topological polar surface area (TPSA) is 277 Å². The third-order valence-electron chi connectivity index (χ3n) is 17.9. The lowest BCUT2D eigenvalue weighted by Crippen LogP contribution is -2.22. The second-order valence-corrected chi connectivity index (χ2v) is 36.2. The Hall–Kier alpha value is -10.3. The van der Waals surface area contributed by atoms with Crippen LogP contribution in [0.5, 0.6) is 0 Å². The number of amides is 3. The van der Waals surface area contributed by atoms with Gasteiger partial charge in [0, 0.05) is 33.8 Å². The molecule has 3 amide bonds. The van der Waals surface area contributed by atoms with Gasteiger partial charge < -0.3 is 31.7 Å². The van der Waals surface area contributed by atoms with Crippen LogP contribution in [0.15, 0.2) is 197 Å². The molecule has 9 aromatic carbocycles. The summed E-state index contributed by atoms with van der Waals surface area (Å²) >= 11 is 0. The molecular formula is C88H98F12N6O11S3. The number of hydrogen-bond acceptors (Lipinski definition) is 12. The molecule has 17 nitrogen and oxygen atoms in total. The van der Waals surface area contributed by atoms with Crippen LogP contribution in [0, 0.1) is 31.6 Å². The molecule has 32 heteroatoms. The number of nitrogens with one attached hydrogen (secondary N) is 5. The van der Waals surface area contributed by atoms with Crippen LogP contribution in [-0.2, 0) is 72.3 Å². The number of sulfonamides is 1. The van der Waals surface area contributed by atoms with Gasteiger partial charge in [0.2, 0.25) is 10.0 Å². The van der Waals surface area contributed by atoms with Crippen LogP contribution in [0.3, 0.4) is 0 Å². The third-order valence-corrected chi connectivity index (χ3v) is 23.8. The number of primary sulfonamides is 1. The monoisotopic (exact) mass is 1740 g/mol. The summed E-state index contributed by atoms with van der Waals surface area (Å²) in [4.78, 5) is 48.1. The molecule has 0 fully saturated rings. The Balaban J connectivity index is 0.000000268. The predicted octanol–water partition coefficient (Wildman–Crippen LogP) is 20.8. The quantitative estimate of drug-likeness (QED) is 0.0196. The number of carboxylic acid groups (broad SMARTS) is 1. The van der Waals surface area contributed by atoms with Gasteiger partial charge in [0.05, 0.1) is 42.9 Å². The zero-order valence-electron chi connectivity index (χ0n) is 68.2. The predicted molar refractivity (Wildman–Crippen MR) is 444 cm³/mol. The van der Waals surface area contributed by atoms with Crippen molar-refractivity contribution >= 4 is 70.5 Å². The van der Waals surface area contributed by atoms with Gasteiger partial charge in [-0.25, -0.2) is 35.2 Å². The Morgan fingerprint density at radius 2 is 0.633 bits per heavy atom. The summed E-state index contributed by atoms with van der Waals surface area (Å²) in [6.07, 6.45) is -14.6. The first-order chi connectivity index (χ1) is 55.6. The molecule has 0 unspecified atom stereocenters. The molecule has 0 spiro atoms. The standard InChI is InChI=1S/C31H37F3N2O3S.C29H32F3NO3S.C26H28F3N3O3S.C2HF3O2/c1-6-16-35-17-15-22-19-24(12-13-25(22)26-9-7-8-10-27(26)31(32,33)34)36-29(37)23-11-14-28(21(2)18-23)40(38,39)20-30(3,4)5;1-6-9-20-17-22(13-14-23(20)24-10-7-8-11-25(24)29(30,31)32)33-27(34)21-12-15-26(19(2)16-21)37(35,36)18-28(3,4)5;1-3-13-31-14-12-18-16-20(9-10-21(18)22-6-4-5-7-23(22)26(27,28)29)32-25(33)19-8-11-24(17(2)15-19)36(30,34)35;3-2(4,5)1(6)7/h7-14,18-19,35H,6,15-17,20H2,1-5H3,(H,36,37);7-8,10-17H,6,9,18H2,1-5H3,(H,33,34);4-11,15-16,31H,3,12-14H2,1-2H3,(H,32,33)(H2,30,34,35);(H,6,7). The summed E-state index contributed by atoms with van der Waals surface area (Å²) in [5, 5.41) is 27.2. The lowest BCUT2D eigenvalue weighted by Gasteiger charge is -2.19. The van der Waals surface area contributed by atoms with Crippen LogP contribution in [0.2, 0.25) is 0 Å². The van der Waals surface area contributed by atoms with Gasteiger partial charge in [0.1, 0.15) is 0 Å². The Kier molecular flexibility index (Phi) is 34.0. The fourth-order valence-electron chi connectivity index (χ4n) is 12.9. The Labute approximate surface area is 692 Å². The van der Waals surface area contributed by atoms with E-state index in [1.54, 1.807) is 86.6 Å². The second kappa shape index (κ2) is 41.3. The first-order valence-corrected chi connectivity index (χ1v) is 42.8. The number of hydrogen-bond donors (Lipinski definition) is 7. The molecule has 0 bridgehead atoms. The van der Waals surface area contributed by atoms with Crippen molar-refractivity contribution in [2.24, 2.45) is 16.0 Å². The maximum atomic E-state index is 13.8. The first kappa shape index (κ1) is 98.6. The van der Waals surface area contributed by atoms with Crippen molar-refractivity contribution in [2.45, 2.75) is 161 Å². The molecular weight excluding hydrogens is 1640 g/mol. The number of halogens is 12. The number of carbonyl (C=O) groups is 4. The van der Waals surface area contributed by atoms with E-state index in [2.05, 4.69) is 26.6 Å². The largest absolute Gasteiger partial charge is 0.490 e. The van der Waals surface area contributed by atoms with E-state index >= 15 is 0 Å². The van der Waals surface area contributed by atoms with E-state index in [9.17, 15) is 92.3 Å². The summed E-state index contributed by atoms with van der Waals surface area (Å²) in [7, 11) is -11.0. The van der Waals surface area contributed by atoms with Crippen LogP contribution < -0.4 is 31.7 Å². The Morgan fingerprint density at radius 3 is 0.875 bits per heavy atom. The molecule has 120 heavy (non-hydrogen) atoms. The van der Waals surface area contributed by atoms with Gasteiger partial charge in [0.25, 0.3) is 17.7 Å². The van der Waals surface area contributed by atoms with Gasteiger partial charge in [-0.2, -0.15) is 52.7 Å². The minimum Gasteiger partial charge on any atom is -0.475 e. The highest BCUT2D eigenvalue weighted by atomic mass is 32.2. The van der Waals surface area contributed by atoms with Gasteiger partial charge >= 0.3 is 30.7 Å². The number of aliphatic carboxylic acids is 1. The molecule has 0 atom stereocenters. The van der Waals surface area contributed by atoms with Crippen molar-refractivity contribution in [3.63, 3.8) is 0 Å². The molecule has 648 valence electrons. The van der Waals surface area contributed by atoms with Crippen LogP contribution in [0.4, 0.5) is 69.7 Å². The van der Waals surface area contributed by atoms with E-state index in [-0.39, 0.29) is 59.6 Å². The second-order valence-electron chi connectivity index (χ2n) is 30.8. The average molecular weight is 1740 g/mol. The summed E-state index contributed by atoms with van der Waals surface area (Å²) in [6, 6.07) is 43.8. The number of rotatable bonds is 26. The lowest BCUT2D eigenvalue weighted by molar-refractivity contribution is -0.192. The van der Waals surface area contributed by atoms with Crippen LogP contribution in [-0.4, -0.2) is 97.9 Å². The van der Waals surface area contributed by atoms with E-state index < -0.39 is 106 Å². The third kappa shape index (κ3) is 29.0. The van der Waals surface area contributed by atoms with Gasteiger partial charge in [-0.1, -0.05) is 142 Å². The number of alkyl halides is 12. The number of nitrogens with two attached hydrogens (primary N) is 1. The maximum Gasteiger partial charge on any atom is 0.490 e. The summed E-state index contributed by atoms with van der Waals surface area (Å²) in [5.41, 5.74) is 3.99. The summed E-state index contributed by atoms with van der Waals surface area (Å²) < 4.78 is 229. The van der Waals surface area contributed by atoms with Crippen molar-refractivity contribution < 1.29 is 102 Å². The fraction of sp³-hybridized carbons (Fsp3) is 0.341. The molecule has 0 aliphatic heterocycles. The van der Waals surface area contributed by atoms with E-state index in [1.807, 2.05) is 62.3 Å². The van der Waals surface area contributed by atoms with Crippen molar-refractivity contribution in [1.82, 2.24) is 10.6 Å². The summed E-state index contributed by atoms with van der Waals surface area (Å²) in [6.45, 7) is 24.6. The highest BCUT2D eigenvalue weighted by Crippen LogP contribution is 2.43. The number of aryl methyl sites for hydroxylation is 4. The molecule has 0 aromatic heterocycles. The minimum absolute atomic E-state index is 0.0175. The Morgan fingerprint density at radius 1 is 0.358 bits per heavy atom. The lowest BCUT2D eigenvalue weighted by atomic mass is 9.92. The molecule has 0 saturated heterocycles. The summed E-state index contributed by atoms with van der Waals surface area (Å²) in [5.74, 6) is -4.16. The van der Waals surface area contributed by atoms with Crippen LogP contribution in [0.25, 0.3) is 33.4 Å². The molecule has 0 saturated carbocycles. The number of sulfone groups is 2. The van der Waals surface area contributed by atoms with Crippen molar-refractivity contribution in [2.75, 3.05) is 53.6 Å². The van der Waals surface area contributed by atoms with E-state index in [1.165, 1.54) is 97.9 Å². The van der Waals surface area contributed by atoms with Crippen LogP contribution >= 0.6 is 0 Å². The SMILES string of the molecule is CCCNCCc1cc(NC(=O)c2ccc(S(=O)(=O)CC(C)(C)C)c(C)c2)ccc1-c1ccccc1C(F)(F)F.CCCNCCc1cc(NC(=O)c2ccc(S(N)(=O)=O)c(C)c2)ccc1-c1ccccc1C(F)(F)F.CCCc1cc(NC(=O)c2ccc(S(=O)(=O)CC(C)(C)C)c(C)c2)ccc1-c1ccccc1C(F)(F)F.O=C(O)C(F)(F)F. The maximum absolute atomic E-state index is 13.8. The number of carbonyl (C=O) groups excluding carboxylic acids is 3. The molecule has 9 rings (SSSR count). The van der Waals surface area contributed by atoms with Crippen molar-refractivity contribution in [3.05, 3.63) is 249 Å². The van der Waals surface area contributed by atoms with Crippen LogP contribution in [0.1, 0.15) is 163 Å². The van der Waals surface area contributed by atoms with E-state index in [0.717, 1.165) is 44.1 Å².